The van der Waals surface area contributed by atoms with Crippen molar-refractivity contribution < 1.29 is 40.2 Å². The third-order valence-corrected chi connectivity index (χ3v) is 3.47. The molecule has 6 atom stereocenters. The summed E-state index contributed by atoms with van der Waals surface area (Å²) in [6, 6.07) is -0.888. The summed E-state index contributed by atoms with van der Waals surface area (Å²) < 4.78 is 5.01. The molecule has 0 amide bonds. The number of nitrogens with one attached hydrogen (secondary N) is 1. The Bertz CT molecular complexity index is 354. The Hall–Kier alpha value is -0.810. The monoisotopic (exact) mass is 309 g/mol. The zero-order chi connectivity index (χ0) is 16.2. The number of carboxylic acid groups (broad SMARTS) is 1. The predicted octanol–water partition coefficient (Wildman–Crippen LogP) is -3.01. The number of carboxylic acids is 1. The minimum Gasteiger partial charge on any atom is -0.477 e. The van der Waals surface area contributed by atoms with Crippen molar-refractivity contribution in [1.29, 1.82) is 0 Å². The van der Waals surface area contributed by atoms with E-state index in [0.717, 1.165) is 0 Å². The number of rotatable bonds is 7. The summed E-state index contributed by atoms with van der Waals surface area (Å²) >= 11 is 0. The van der Waals surface area contributed by atoms with E-state index in [9.17, 15) is 25.2 Å². The molecule has 1 aliphatic rings. The van der Waals surface area contributed by atoms with E-state index in [0.29, 0.717) is 13.0 Å². The van der Waals surface area contributed by atoms with Crippen molar-refractivity contribution in [2.45, 2.75) is 56.0 Å². The zero-order valence-corrected chi connectivity index (χ0v) is 11.7. The third-order valence-electron chi connectivity index (χ3n) is 3.47. The fraction of sp³-hybridized carbons (Fsp3) is 0.917. The maximum absolute atomic E-state index is 11.0. The van der Waals surface area contributed by atoms with Crippen molar-refractivity contribution in [3.8, 4) is 0 Å². The quantitative estimate of drug-likeness (QED) is 0.260. The first-order valence-electron chi connectivity index (χ1n) is 6.78. The summed E-state index contributed by atoms with van der Waals surface area (Å²) in [7, 11) is 0. The van der Waals surface area contributed by atoms with E-state index in [1.54, 1.807) is 0 Å². The molecule has 0 spiro atoms. The van der Waals surface area contributed by atoms with Gasteiger partial charge in [0.2, 0.25) is 0 Å². The van der Waals surface area contributed by atoms with Gasteiger partial charge in [-0.05, 0) is 13.0 Å². The zero-order valence-electron chi connectivity index (χ0n) is 11.7. The second-order valence-electron chi connectivity index (χ2n) is 5.16. The van der Waals surface area contributed by atoms with Crippen molar-refractivity contribution in [2.24, 2.45) is 0 Å². The van der Waals surface area contributed by atoms with Gasteiger partial charge < -0.3 is 40.7 Å². The molecule has 0 aromatic rings. The van der Waals surface area contributed by atoms with Gasteiger partial charge in [-0.3, -0.25) is 0 Å². The van der Waals surface area contributed by atoms with Crippen LogP contribution in [-0.4, -0.2) is 86.0 Å². The van der Waals surface area contributed by atoms with Crippen molar-refractivity contribution >= 4 is 5.97 Å². The molecular formula is C12H23NO8. The van der Waals surface area contributed by atoms with Gasteiger partial charge in [-0.2, -0.15) is 0 Å². The molecule has 1 rings (SSSR count). The molecule has 0 aliphatic carbocycles. The van der Waals surface area contributed by atoms with E-state index in [2.05, 4.69) is 5.32 Å². The van der Waals surface area contributed by atoms with Crippen molar-refractivity contribution in [2.75, 3.05) is 13.2 Å². The summed E-state index contributed by atoms with van der Waals surface area (Å²) in [6.45, 7) is 1.54. The highest BCUT2D eigenvalue weighted by Crippen LogP contribution is 2.30. The first-order valence-corrected chi connectivity index (χ1v) is 6.78. The molecule has 0 aromatic heterocycles. The number of ether oxygens (including phenoxy) is 1. The lowest BCUT2D eigenvalue weighted by atomic mass is 9.88. The topological polar surface area (TPSA) is 160 Å². The van der Waals surface area contributed by atoms with Crippen LogP contribution in [0.3, 0.4) is 0 Å². The van der Waals surface area contributed by atoms with Gasteiger partial charge in [-0.1, -0.05) is 6.92 Å². The fourth-order valence-corrected chi connectivity index (χ4v) is 2.29. The highest BCUT2D eigenvalue weighted by molar-refractivity contribution is 5.75. The fourth-order valence-electron chi connectivity index (χ4n) is 2.29. The lowest BCUT2D eigenvalue weighted by Gasteiger charge is -2.44. The highest BCUT2D eigenvalue weighted by Gasteiger charge is 2.53. The lowest BCUT2D eigenvalue weighted by molar-refractivity contribution is -0.295. The average molecular weight is 309 g/mol. The Labute approximate surface area is 121 Å². The van der Waals surface area contributed by atoms with Gasteiger partial charge in [0, 0.05) is 6.42 Å². The third kappa shape index (κ3) is 4.10. The first kappa shape index (κ1) is 18.2. The summed E-state index contributed by atoms with van der Waals surface area (Å²) in [5, 5.41) is 60.1. The molecule has 0 bridgehead atoms. The highest BCUT2D eigenvalue weighted by atomic mass is 16.7. The van der Waals surface area contributed by atoms with Crippen molar-refractivity contribution in [1.82, 2.24) is 5.32 Å². The van der Waals surface area contributed by atoms with E-state index in [1.165, 1.54) is 0 Å². The summed E-state index contributed by atoms with van der Waals surface area (Å²) in [5.74, 6) is -4.36. The molecule has 0 radical (unpaired) electrons. The van der Waals surface area contributed by atoms with Crippen LogP contribution in [0, 0.1) is 0 Å². The van der Waals surface area contributed by atoms with Gasteiger partial charge in [0.15, 0.2) is 0 Å². The number of aliphatic hydroxyl groups excluding tert-OH is 4. The predicted molar refractivity (Wildman–Crippen MR) is 69.3 cm³/mol. The second-order valence-corrected chi connectivity index (χ2v) is 5.16. The SMILES string of the molecule is CCCN[C@H]1[C@H]([C@H](O)[C@H](O)CO)OC(O)(C(=O)O)C[C@@H]1O. The number of aliphatic hydroxyl groups is 5. The Kier molecular flexibility index (Phi) is 6.47. The molecule has 21 heavy (non-hydrogen) atoms. The van der Waals surface area contributed by atoms with Gasteiger partial charge in [0.05, 0.1) is 18.8 Å². The Morgan fingerprint density at radius 1 is 1.48 bits per heavy atom. The molecule has 1 heterocycles. The lowest BCUT2D eigenvalue weighted by Crippen LogP contribution is -2.66. The van der Waals surface area contributed by atoms with E-state index in [1.807, 2.05) is 6.92 Å². The van der Waals surface area contributed by atoms with Gasteiger partial charge in [-0.15, -0.1) is 0 Å². The normalized spacial score (nSPS) is 36.2. The molecule has 9 heteroatoms. The Morgan fingerprint density at radius 3 is 2.57 bits per heavy atom. The average Bonchev–Trinajstić information content (AvgIpc) is 2.44. The number of hydrogen-bond acceptors (Lipinski definition) is 8. The molecule has 0 aromatic carbocycles. The van der Waals surface area contributed by atoms with Crippen molar-refractivity contribution in [3.63, 3.8) is 0 Å². The molecule has 7 N–H and O–H groups in total. The molecule has 1 fully saturated rings. The van der Waals surface area contributed by atoms with E-state index in [4.69, 9.17) is 14.9 Å². The molecule has 1 saturated heterocycles. The van der Waals surface area contributed by atoms with Crippen LogP contribution >= 0.6 is 0 Å². The summed E-state index contributed by atoms with van der Waals surface area (Å²) in [6.07, 6.45) is -5.85. The smallest absolute Gasteiger partial charge is 0.364 e. The van der Waals surface area contributed by atoms with E-state index in [-0.39, 0.29) is 0 Å². The Balaban J connectivity index is 2.99. The second kappa shape index (κ2) is 7.45. The maximum atomic E-state index is 11.0. The van der Waals surface area contributed by atoms with Gasteiger partial charge in [0.1, 0.15) is 18.3 Å². The van der Waals surface area contributed by atoms with Crippen LogP contribution in [-0.2, 0) is 9.53 Å². The van der Waals surface area contributed by atoms with Crippen LogP contribution in [0.25, 0.3) is 0 Å². The van der Waals surface area contributed by atoms with Crippen LogP contribution in [0.1, 0.15) is 19.8 Å². The molecule has 0 saturated carbocycles. The molecule has 124 valence electrons. The first-order chi connectivity index (χ1) is 9.76. The summed E-state index contributed by atoms with van der Waals surface area (Å²) in [4.78, 5) is 11.0. The maximum Gasteiger partial charge on any atom is 0.364 e. The summed E-state index contributed by atoms with van der Waals surface area (Å²) in [5.41, 5.74) is 0. The van der Waals surface area contributed by atoms with Crippen LogP contribution in [0.2, 0.25) is 0 Å². The van der Waals surface area contributed by atoms with Gasteiger partial charge in [-0.25, -0.2) is 4.79 Å². The van der Waals surface area contributed by atoms with Crippen LogP contribution in [0.15, 0.2) is 0 Å². The van der Waals surface area contributed by atoms with Crippen LogP contribution < -0.4 is 5.32 Å². The van der Waals surface area contributed by atoms with E-state index >= 15 is 0 Å². The van der Waals surface area contributed by atoms with Gasteiger partial charge in [0.25, 0.3) is 5.79 Å². The number of carbonyl (C=O) groups is 1. The molecule has 1 aliphatic heterocycles. The largest absolute Gasteiger partial charge is 0.477 e. The molecular weight excluding hydrogens is 286 g/mol. The number of aliphatic carboxylic acids is 1. The van der Waals surface area contributed by atoms with Crippen molar-refractivity contribution in [3.05, 3.63) is 0 Å². The molecule has 1 unspecified atom stereocenters. The Morgan fingerprint density at radius 2 is 2.10 bits per heavy atom. The number of hydrogen-bond donors (Lipinski definition) is 7. The van der Waals surface area contributed by atoms with Crippen LogP contribution in [0.4, 0.5) is 0 Å². The van der Waals surface area contributed by atoms with Crippen LogP contribution in [0.5, 0.6) is 0 Å². The standard InChI is InChI=1S/C12H23NO8/c1-2-3-13-8-6(15)4-12(20,11(18)19)21-10(8)9(17)7(16)5-14/h6-10,13-17,20H,2-5H2,1H3,(H,18,19)/t6-,7+,8+,9+,10+,12?/m0/s1. The van der Waals surface area contributed by atoms with E-state index < -0.39 is 55.2 Å². The molecule has 9 nitrogen and oxygen atoms in total. The van der Waals surface area contributed by atoms with Gasteiger partial charge >= 0.3 is 5.97 Å². The minimum atomic E-state index is -2.66. The minimum absolute atomic E-state index is 0.453.